The topological polar surface area (TPSA) is 53.1 Å². The van der Waals surface area contributed by atoms with E-state index in [-0.39, 0.29) is 24.4 Å². The first-order chi connectivity index (χ1) is 26.6. The quantitative estimate of drug-likeness (QED) is 0.0731. The Morgan fingerprint density at radius 1 is 0.818 bits per heavy atom. The molecule has 0 radical (unpaired) electrons. The zero-order valence-corrected chi connectivity index (χ0v) is 32.7. The first-order valence-corrected chi connectivity index (χ1v) is 19.1. The van der Waals surface area contributed by atoms with Crippen LogP contribution in [0.4, 0.5) is 18.9 Å². The van der Waals surface area contributed by atoms with Gasteiger partial charge in [-0.1, -0.05) is 106 Å². The van der Waals surface area contributed by atoms with Crippen LogP contribution in [-0.2, 0) is 35.2 Å². The third-order valence-corrected chi connectivity index (χ3v) is 9.30. The van der Waals surface area contributed by atoms with Gasteiger partial charge in [0.05, 0.1) is 12.7 Å². The molecule has 294 valence electrons. The Morgan fingerprint density at radius 2 is 1.47 bits per heavy atom. The number of unbranched alkanes of at least 4 members (excludes halogenated alkanes) is 2. The molecule has 2 amide bonds. The van der Waals surface area contributed by atoms with Crippen LogP contribution in [0.1, 0.15) is 67.9 Å². The number of halogens is 3. The van der Waals surface area contributed by atoms with Gasteiger partial charge in [-0.15, -0.1) is 13.2 Å². The van der Waals surface area contributed by atoms with E-state index in [1.165, 1.54) is 29.8 Å². The minimum atomic E-state index is -4.51. The lowest BCUT2D eigenvalue weighted by molar-refractivity contribution is -0.144. The van der Waals surface area contributed by atoms with Gasteiger partial charge in [-0.3, -0.25) is 9.59 Å². The highest BCUT2D eigenvalue weighted by molar-refractivity contribution is 5.96. The maximum absolute atomic E-state index is 14.6. The number of anilines is 1. The van der Waals surface area contributed by atoms with Crippen LogP contribution in [0, 0.1) is 0 Å². The van der Waals surface area contributed by atoms with Crippen molar-refractivity contribution in [2.24, 2.45) is 0 Å². The van der Waals surface area contributed by atoms with Crippen LogP contribution in [0.15, 0.2) is 122 Å². The summed E-state index contributed by atoms with van der Waals surface area (Å²) in [4.78, 5) is 34.3. The first-order valence-electron chi connectivity index (χ1n) is 19.1. The van der Waals surface area contributed by atoms with E-state index in [2.05, 4.69) is 37.1 Å². The highest BCUT2D eigenvalue weighted by Gasteiger charge is 2.34. The van der Waals surface area contributed by atoms with Gasteiger partial charge in [0.2, 0.25) is 11.8 Å². The molecule has 0 aliphatic carbocycles. The van der Waals surface area contributed by atoms with Crippen LogP contribution < -0.4 is 9.64 Å². The van der Waals surface area contributed by atoms with Gasteiger partial charge in [-0.2, -0.15) is 13.2 Å². The number of piperazine rings is 1. The number of nitrogens with zero attached hydrogens (tertiary/aromatic N) is 3. The molecule has 5 rings (SSSR count). The molecule has 0 spiro atoms. The Balaban J connectivity index is 0.00000196. The van der Waals surface area contributed by atoms with Gasteiger partial charge in [0, 0.05) is 57.0 Å². The Hall–Kier alpha value is -5.31. The van der Waals surface area contributed by atoms with E-state index in [0.29, 0.717) is 26.2 Å². The van der Waals surface area contributed by atoms with Crippen molar-refractivity contribution >= 4 is 23.6 Å². The molecule has 0 aromatic heterocycles. The van der Waals surface area contributed by atoms with Crippen molar-refractivity contribution in [3.05, 3.63) is 150 Å². The summed E-state index contributed by atoms with van der Waals surface area (Å²) >= 11 is 0. The highest BCUT2D eigenvalue weighted by atomic mass is 19.4. The number of alkyl halides is 3. The van der Waals surface area contributed by atoms with E-state index in [9.17, 15) is 22.8 Å². The Kier molecular flexibility index (Phi) is 18.3. The number of hydrogen-bond acceptors (Lipinski definition) is 4. The lowest BCUT2D eigenvalue weighted by Gasteiger charge is -2.40. The smallest absolute Gasteiger partial charge is 0.416 e. The second-order valence-corrected chi connectivity index (χ2v) is 12.9. The molecule has 1 atom stereocenters. The van der Waals surface area contributed by atoms with Gasteiger partial charge in [-0.05, 0) is 65.4 Å². The fourth-order valence-electron chi connectivity index (χ4n) is 6.38. The van der Waals surface area contributed by atoms with Crippen molar-refractivity contribution in [3.63, 3.8) is 0 Å². The van der Waals surface area contributed by atoms with Gasteiger partial charge in [0.15, 0.2) is 0 Å². The number of carbonyl (C=O) groups is 2. The monoisotopic (exact) mass is 755 g/mol. The van der Waals surface area contributed by atoms with Crippen LogP contribution in [0.5, 0.6) is 5.75 Å². The highest BCUT2D eigenvalue weighted by Crippen LogP contribution is 2.30. The van der Waals surface area contributed by atoms with Crippen molar-refractivity contribution in [2.45, 2.75) is 71.6 Å². The van der Waals surface area contributed by atoms with Crippen LogP contribution in [-0.4, -0.2) is 60.9 Å². The van der Waals surface area contributed by atoms with Crippen molar-refractivity contribution in [1.29, 1.82) is 0 Å². The molecular formula is C46H56F3N3O3. The van der Waals surface area contributed by atoms with Crippen molar-refractivity contribution < 1.29 is 27.5 Å². The summed E-state index contributed by atoms with van der Waals surface area (Å²) in [5, 5.41) is 0. The zero-order chi connectivity index (χ0) is 40.2. The molecule has 1 fully saturated rings. The maximum Gasteiger partial charge on any atom is 0.416 e. The average Bonchev–Trinajstić information content (AvgIpc) is 3.23. The van der Waals surface area contributed by atoms with E-state index in [1.807, 2.05) is 85.5 Å². The Morgan fingerprint density at radius 3 is 2.11 bits per heavy atom. The molecule has 0 unspecified atom stereocenters. The summed E-state index contributed by atoms with van der Waals surface area (Å²) in [7, 11) is 1.63. The minimum Gasteiger partial charge on any atom is -0.497 e. The van der Waals surface area contributed by atoms with Crippen LogP contribution in [0.25, 0.3) is 6.08 Å². The van der Waals surface area contributed by atoms with Gasteiger partial charge < -0.3 is 19.4 Å². The summed E-state index contributed by atoms with van der Waals surface area (Å²) in [5.74, 6) is 0.139. The summed E-state index contributed by atoms with van der Waals surface area (Å²) in [5.41, 5.74) is 3.44. The normalized spacial score (nSPS) is 13.2. The third-order valence-electron chi connectivity index (χ3n) is 9.30. The van der Waals surface area contributed by atoms with Gasteiger partial charge in [0.25, 0.3) is 0 Å². The number of ether oxygens (including phenoxy) is 1. The summed E-state index contributed by atoms with van der Waals surface area (Å²) in [6, 6.07) is 29.5. The van der Waals surface area contributed by atoms with Gasteiger partial charge in [0.1, 0.15) is 11.8 Å². The maximum atomic E-state index is 14.6. The Labute approximate surface area is 325 Å². The molecule has 0 N–H and O–H groups in total. The van der Waals surface area contributed by atoms with E-state index in [0.717, 1.165) is 60.4 Å². The lowest BCUT2D eigenvalue weighted by atomic mass is 10.0. The average molecular weight is 756 g/mol. The van der Waals surface area contributed by atoms with Crippen LogP contribution in [0.3, 0.4) is 0 Å². The fraction of sp³-hybridized carbons (Fsp3) is 0.348. The van der Waals surface area contributed by atoms with E-state index in [4.69, 9.17) is 4.74 Å². The molecule has 0 saturated carbocycles. The van der Waals surface area contributed by atoms with Crippen molar-refractivity contribution in [1.82, 2.24) is 9.80 Å². The Bertz CT molecular complexity index is 1770. The summed E-state index contributed by atoms with van der Waals surface area (Å²) in [6.07, 6.45) is 2.79. The molecule has 55 heavy (non-hydrogen) atoms. The number of aryl methyl sites for hydroxylation is 1. The SMILES string of the molecule is C=C.CC.CCCCCc1ccc(CN(C(=O)/C=C/c2cccc(C(F)(F)F)c2)[C@@H](Cc2ccccc2)C(=O)N2CCN(c3cccc(OC)c3)CC2)cc1. The van der Waals surface area contributed by atoms with E-state index >= 15 is 0 Å². The van der Waals surface area contributed by atoms with E-state index < -0.39 is 23.7 Å². The molecule has 1 heterocycles. The summed E-state index contributed by atoms with van der Waals surface area (Å²) in [6.45, 7) is 14.5. The second kappa shape index (κ2) is 22.8. The molecule has 4 aromatic carbocycles. The molecular weight excluding hydrogens is 700 g/mol. The largest absolute Gasteiger partial charge is 0.497 e. The van der Waals surface area contributed by atoms with E-state index in [1.54, 1.807) is 12.0 Å². The lowest BCUT2D eigenvalue weighted by Crippen LogP contribution is -2.56. The van der Waals surface area contributed by atoms with Crippen LogP contribution >= 0.6 is 0 Å². The van der Waals surface area contributed by atoms with Gasteiger partial charge in [-0.25, -0.2) is 0 Å². The number of amides is 2. The van der Waals surface area contributed by atoms with Gasteiger partial charge >= 0.3 is 6.18 Å². The molecule has 1 aliphatic rings. The first kappa shape index (κ1) is 44.1. The number of methoxy groups -OCH3 is 1. The molecule has 1 aliphatic heterocycles. The van der Waals surface area contributed by atoms with Crippen LogP contribution in [0.2, 0.25) is 0 Å². The number of carbonyl (C=O) groups excluding carboxylic acids is 2. The number of benzene rings is 4. The molecule has 0 bridgehead atoms. The molecule has 6 nitrogen and oxygen atoms in total. The number of hydrogen-bond donors (Lipinski definition) is 0. The second-order valence-electron chi connectivity index (χ2n) is 12.9. The predicted molar refractivity (Wildman–Crippen MR) is 219 cm³/mol. The number of rotatable bonds is 14. The predicted octanol–water partition coefficient (Wildman–Crippen LogP) is 10.3. The molecule has 4 aromatic rings. The molecule has 9 heteroatoms. The fourth-order valence-corrected chi connectivity index (χ4v) is 6.38. The van der Waals surface area contributed by atoms with Crippen molar-refractivity contribution in [3.8, 4) is 5.75 Å². The van der Waals surface area contributed by atoms with Crippen molar-refractivity contribution in [2.75, 3.05) is 38.2 Å². The standard InChI is InChI=1S/C42H46F3N3O3.C2H6.C2H4/c1-3-4-6-11-32-18-20-35(21-19-32)31-48(40(49)23-22-34-14-9-15-36(28-34)42(43,44)45)39(29-33-12-7-5-8-13-33)41(50)47-26-24-46(25-27-47)37-16-10-17-38(30-37)51-2;2*1-2/h5,7-10,12-23,28,30,39H,3-4,6,11,24-27,29,31H2,1-2H3;1-2H3;1-2H2/b23-22+;;/t39-;;/m0../s1. The minimum absolute atomic E-state index is 0.161. The zero-order valence-electron chi connectivity index (χ0n) is 32.7. The summed E-state index contributed by atoms with van der Waals surface area (Å²) < 4.78 is 45.7. The molecule has 1 saturated heterocycles. The third kappa shape index (κ3) is 13.5.